The van der Waals surface area contributed by atoms with Crippen LogP contribution in [-0.4, -0.2) is 6.04 Å². The highest BCUT2D eigenvalue weighted by Gasteiger charge is 2.08. The highest BCUT2D eigenvalue weighted by atomic mass is 35.5. The van der Waals surface area contributed by atoms with Crippen LogP contribution in [0.4, 0.5) is 10.1 Å². The summed E-state index contributed by atoms with van der Waals surface area (Å²) in [4.78, 5) is 0. The molecule has 0 aliphatic heterocycles. The summed E-state index contributed by atoms with van der Waals surface area (Å²) in [6.07, 6.45) is 4.47. The van der Waals surface area contributed by atoms with E-state index in [0.717, 1.165) is 12.8 Å². The van der Waals surface area contributed by atoms with Crippen molar-refractivity contribution in [2.24, 2.45) is 0 Å². The molecule has 1 unspecified atom stereocenters. The molecule has 0 heterocycles. The summed E-state index contributed by atoms with van der Waals surface area (Å²) in [7, 11) is 0. The fourth-order valence-corrected chi connectivity index (χ4v) is 1.83. The summed E-state index contributed by atoms with van der Waals surface area (Å²) < 4.78 is 13.1. The predicted octanol–water partition coefficient (Wildman–Crippen LogP) is 4.86. The van der Waals surface area contributed by atoms with Crippen molar-refractivity contribution in [3.8, 4) is 0 Å². The molecule has 3 heteroatoms. The topological polar surface area (TPSA) is 12.0 Å². The number of hydrogen-bond acceptors (Lipinski definition) is 1. The Morgan fingerprint density at radius 3 is 2.75 bits per heavy atom. The van der Waals surface area contributed by atoms with E-state index in [9.17, 15) is 4.39 Å². The Labute approximate surface area is 102 Å². The minimum atomic E-state index is -0.253. The number of unbranched alkanes of at least 4 members (excludes halogenated alkanes) is 1. The summed E-state index contributed by atoms with van der Waals surface area (Å²) in [6, 6.07) is 4.79. The molecule has 1 rings (SSSR count). The zero-order valence-corrected chi connectivity index (χ0v) is 10.6. The first-order valence-electron chi connectivity index (χ1n) is 5.89. The molecule has 0 saturated carbocycles. The molecule has 1 aromatic rings. The second-order valence-corrected chi connectivity index (χ2v) is 4.42. The molecule has 0 aliphatic carbocycles. The largest absolute Gasteiger partial charge is 0.381 e. The van der Waals surface area contributed by atoms with Gasteiger partial charge in [-0.1, -0.05) is 38.3 Å². The van der Waals surface area contributed by atoms with E-state index in [-0.39, 0.29) is 5.82 Å². The molecule has 1 atom stereocenters. The Balaban J connectivity index is 2.65. The molecule has 0 radical (unpaired) electrons. The van der Waals surface area contributed by atoms with Gasteiger partial charge < -0.3 is 5.32 Å². The normalized spacial score (nSPS) is 12.5. The van der Waals surface area contributed by atoms with Gasteiger partial charge in [-0.05, 0) is 31.0 Å². The minimum Gasteiger partial charge on any atom is -0.381 e. The molecule has 0 fully saturated rings. The van der Waals surface area contributed by atoms with Crippen LogP contribution in [0.15, 0.2) is 18.2 Å². The Morgan fingerprint density at radius 1 is 1.38 bits per heavy atom. The van der Waals surface area contributed by atoms with E-state index in [4.69, 9.17) is 11.6 Å². The lowest BCUT2D eigenvalue weighted by atomic mass is 10.1. The summed E-state index contributed by atoms with van der Waals surface area (Å²) in [5.74, 6) is -0.253. The number of rotatable bonds is 6. The van der Waals surface area contributed by atoms with Gasteiger partial charge in [-0.25, -0.2) is 4.39 Å². The van der Waals surface area contributed by atoms with Crippen molar-refractivity contribution in [3.63, 3.8) is 0 Å². The maximum Gasteiger partial charge on any atom is 0.125 e. The highest BCUT2D eigenvalue weighted by molar-refractivity contribution is 6.33. The fourth-order valence-electron chi connectivity index (χ4n) is 1.66. The third kappa shape index (κ3) is 4.01. The zero-order chi connectivity index (χ0) is 12.0. The zero-order valence-electron chi connectivity index (χ0n) is 9.89. The summed E-state index contributed by atoms with van der Waals surface area (Å²) >= 11 is 6.00. The summed E-state index contributed by atoms with van der Waals surface area (Å²) in [6.45, 7) is 4.29. The van der Waals surface area contributed by atoms with Gasteiger partial charge in [0.2, 0.25) is 0 Å². The molecule has 90 valence electrons. The van der Waals surface area contributed by atoms with E-state index in [2.05, 4.69) is 19.2 Å². The van der Waals surface area contributed by atoms with Gasteiger partial charge in [0, 0.05) is 6.04 Å². The maximum absolute atomic E-state index is 13.1. The van der Waals surface area contributed by atoms with E-state index >= 15 is 0 Å². The number of hydrogen-bond donors (Lipinski definition) is 1. The third-order valence-corrected chi connectivity index (χ3v) is 3.02. The minimum absolute atomic E-state index is 0.253. The fraction of sp³-hybridized carbons (Fsp3) is 0.538. The number of halogens is 2. The van der Waals surface area contributed by atoms with E-state index < -0.39 is 0 Å². The second kappa shape index (κ2) is 6.74. The van der Waals surface area contributed by atoms with Crippen LogP contribution in [-0.2, 0) is 0 Å². The maximum atomic E-state index is 13.1. The van der Waals surface area contributed by atoms with Gasteiger partial charge in [-0.15, -0.1) is 0 Å². The molecule has 0 aromatic heterocycles. The molecule has 0 bridgehead atoms. The van der Waals surface area contributed by atoms with Crippen molar-refractivity contribution in [1.82, 2.24) is 0 Å². The van der Waals surface area contributed by atoms with Crippen molar-refractivity contribution in [2.45, 2.75) is 45.6 Å². The second-order valence-electron chi connectivity index (χ2n) is 4.02. The quantitative estimate of drug-likeness (QED) is 0.752. The lowest BCUT2D eigenvalue weighted by Crippen LogP contribution is -2.18. The van der Waals surface area contributed by atoms with Crippen LogP contribution in [0.5, 0.6) is 0 Å². The monoisotopic (exact) mass is 243 g/mol. The molecule has 0 aliphatic rings. The molecule has 16 heavy (non-hydrogen) atoms. The molecule has 1 nitrogen and oxygen atoms in total. The Hall–Kier alpha value is -0.760. The average Bonchev–Trinajstić information content (AvgIpc) is 2.28. The molecule has 1 N–H and O–H groups in total. The van der Waals surface area contributed by atoms with Gasteiger partial charge in [0.15, 0.2) is 0 Å². The standard InChI is InChI=1S/C13H19ClFN/c1-3-5-6-11(4-2)16-13-9-10(15)7-8-12(13)14/h7-9,11,16H,3-6H2,1-2H3. The molecule has 0 saturated heterocycles. The smallest absolute Gasteiger partial charge is 0.125 e. The van der Waals surface area contributed by atoms with Crippen molar-refractivity contribution in [1.29, 1.82) is 0 Å². The first kappa shape index (κ1) is 13.3. The highest BCUT2D eigenvalue weighted by Crippen LogP contribution is 2.24. The number of benzene rings is 1. The van der Waals surface area contributed by atoms with E-state index in [0.29, 0.717) is 16.8 Å². The molecule has 0 spiro atoms. The van der Waals surface area contributed by atoms with E-state index in [1.165, 1.54) is 25.0 Å². The SMILES string of the molecule is CCCCC(CC)Nc1cc(F)ccc1Cl. The first-order chi connectivity index (χ1) is 7.67. The van der Waals surface area contributed by atoms with Crippen LogP contribution in [0.25, 0.3) is 0 Å². The Kier molecular flexibility index (Phi) is 5.61. The van der Waals surface area contributed by atoms with Crippen LogP contribution in [0.3, 0.4) is 0 Å². The first-order valence-corrected chi connectivity index (χ1v) is 6.26. The van der Waals surface area contributed by atoms with Crippen LogP contribution in [0.1, 0.15) is 39.5 Å². The van der Waals surface area contributed by atoms with Gasteiger partial charge in [-0.3, -0.25) is 0 Å². The van der Waals surface area contributed by atoms with Gasteiger partial charge in [0.25, 0.3) is 0 Å². The van der Waals surface area contributed by atoms with Crippen LogP contribution >= 0.6 is 11.6 Å². The number of anilines is 1. The van der Waals surface area contributed by atoms with Crippen LogP contribution in [0.2, 0.25) is 5.02 Å². The van der Waals surface area contributed by atoms with E-state index in [1.807, 2.05) is 0 Å². The Bertz CT molecular complexity index is 328. The van der Waals surface area contributed by atoms with E-state index in [1.54, 1.807) is 6.07 Å². The molecule has 0 amide bonds. The summed E-state index contributed by atoms with van der Waals surface area (Å²) in [5.41, 5.74) is 0.699. The van der Waals surface area contributed by atoms with Crippen molar-refractivity contribution >= 4 is 17.3 Å². The summed E-state index contributed by atoms with van der Waals surface area (Å²) in [5, 5.41) is 3.88. The number of nitrogens with one attached hydrogen (secondary N) is 1. The Morgan fingerprint density at radius 2 is 2.12 bits per heavy atom. The van der Waals surface area contributed by atoms with Gasteiger partial charge in [-0.2, -0.15) is 0 Å². The van der Waals surface area contributed by atoms with Crippen LogP contribution in [0, 0.1) is 5.82 Å². The van der Waals surface area contributed by atoms with Crippen molar-refractivity contribution in [3.05, 3.63) is 29.0 Å². The van der Waals surface area contributed by atoms with Crippen molar-refractivity contribution < 1.29 is 4.39 Å². The average molecular weight is 244 g/mol. The lowest BCUT2D eigenvalue weighted by Gasteiger charge is -2.18. The van der Waals surface area contributed by atoms with Gasteiger partial charge >= 0.3 is 0 Å². The van der Waals surface area contributed by atoms with Gasteiger partial charge in [0.1, 0.15) is 5.82 Å². The van der Waals surface area contributed by atoms with Crippen LogP contribution < -0.4 is 5.32 Å². The predicted molar refractivity (Wildman–Crippen MR) is 68.6 cm³/mol. The molecular formula is C13H19ClFN. The lowest BCUT2D eigenvalue weighted by molar-refractivity contribution is 0.591. The van der Waals surface area contributed by atoms with Gasteiger partial charge in [0.05, 0.1) is 10.7 Å². The third-order valence-electron chi connectivity index (χ3n) is 2.69. The molecular weight excluding hydrogens is 225 g/mol. The van der Waals surface area contributed by atoms with Crippen molar-refractivity contribution in [2.75, 3.05) is 5.32 Å². The molecule has 1 aromatic carbocycles.